The molecule has 2 aromatic rings. The van der Waals surface area contributed by atoms with Crippen molar-refractivity contribution in [2.24, 2.45) is 5.92 Å². The molecule has 0 aliphatic heterocycles. The highest BCUT2D eigenvalue weighted by Crippen LogP contribution is 2.26. The molecule has 4 nitrogen and oxygen atoms in total. The summed E-state index contributed by atoms with van der Waals surface area (Å²) in [4.78, 5) is 25.4. The van der Waals surface area contributed by atoms with Gasteiger partial charge in [0.25, 0.3) is 11.7 Å². The first-order chi connectivity index (χ1) is 12.8. The van der Waals surface area contributed by atoms with Crippen molar-refractivity contribution in [2.45, 2.75) is 37.5 Å². The number of carbonyl (C=O) groups excluding carboxylic acids is 2. The molecule has 2 amide bonds. The van der Waals surface area contributed by atoms with E-state index in [4.69, 9.17) is 0 Å². The van der Waals surface area contributed by atoms with Gasteiger partial charge in [0.1, 0.15) is 6.04 Å². The van der Waals surface area contributed by atoms with Gasteiger partial charge >= 0.3 is 0 Å². The van der Waals surface area contributed by atoms with Crippen LogP contribution >= 0.6 is 11.8 Å². The predicted octanol–water partition coefficient (Wildman–Crippen LogP) is 4.70. The Hall–Kier alpha value is -2.41. The highest BCUT2D eigenvalue weighted by Gasteiger charge is 2.24. The van der Waals surface area contributed by atoms with Crippen molar-refractivity contribution in [2.75, 3.05) is 5.32 Å². The SMILES string of the molecule is Cc1ccc(C(=O)NC(C(=O)Nc2ccc(SC(F)F)cc2)C(C)C)cc1. The molecule has 2 rings (SSSR count). The Morgan fingerprint density at radius 2 is 1.56 bits per heavy atom. The van der Waals surface area contributed by atoms with E-state index in [1.54, 1.807) is 24.3 Å². The fourth-order valence-corrected chi connectivity index (χ4v) is 2.90. The number of alkyl halides is 2. The standard InChI is InChI=1S/C20H22F2N2O2S/c1-12(2)17(24-18(25)14-6-4-13(3)5-7-14)19(26)23-15-8-10-16(11-9-15)27-20(21)22/h4-12,17,20H,1-3H3,(H,23,26)(H,24,25). The normalized spacial score (nSPS) is 12.1. The summed E-state index contributed by atoms with van der Waals surface area (Å²) in [5.41, 5.74) is 2.00. The van der Waals surface area contributed by atoms with Crippen LogP contribution in [0.5, 0.6) is 0 Å². The molecule has 7 heteroatoms. The van der Waals surface area contributed by atoms with Gasteiger partial charge in [-0.15, -0.1) is 0 Å². The van der Waals surface area contributed by atoms with E-state index in [0.717, 1.165) is 5.56 Å². The quantitative estimate of drug-likeness (QED) is 0.672. The van der Waals surface area contributed by atoms with E-state index in [-0.39, 0.29) is 17.7 Å². The summed E-state index contributed by atoms with van der Waals surface area (Å²) < 4.78 is 24.7. The van der Waals surface area contributed by atoms with Crippen molar-refractivity contribution in [3.05, 3.63) is 59.7 Å². The highest BCUT2D eigenvalue weighted by atomic mass is 32.2. The van der Waals surface area contributed by atoms with E-state index in [2.05, 4.69) is 10.6 Å². The van der Waals surface area contributed by atoms with Gasteiger partial charge in [-0.2, -0.15) is 8.78 Å². The Morgan fingerprint density at radius 3 is 2.07 bits per heavy atom. The Morgan fingerprint density at radius 1 is 0.963 bits per heavy atom. The van der Waals surface area contributed by atoms with Crippen LogP contribution in [0.2, 0.25) is 0 Å². The van der Waals surface area contributed by atoms with Gasteiger partial charge in [-0.05, 0) is 49.2 Å². The molecule has 1 unspecified atom stereocenters. The van der Waals surface area contributed by atoms with Crippen LogP contribution < -0.4 is 10.6 Å². The molecule has 0 aliphatic carbocycles. The summed E-state index contributed by atoms with van der Waals surface area (Å²) in [6.07, 6.45) is 0. The maximum atomic E-state index is 12.6. The third-order valence-electron chi connectivity index (χ3n) is 3.90. The number of hydrogen-bond acceptors (Lipinski definition) is 3. The zero-order valence-corrected chi connectivity index (χ0v) is 16.1. The molecule has 0 fully saturated rings. The number of thioether (sulfide) groups is 1. The highest BCUT2D eigenvalue weighted by molar-refractivity contribution is 7.99. The minimum Gasteiger partial charge on any atom is -0.340 e. The molecular weight excluding hydrogens is 370 g/mol. The average molecular weight is 392 g/mol. The molecular formula is C20H22F2N2O2S. The third kappa shape index (κ3) is 6.36. The molecule has 144 valence electrons. The molecule has 0 radical (unpaired) electrons. The molecule has 0 saturated heterocycles. The van der Waals surface area contributed by atoms with Crippen LogP contribution in [-0.4, -0.2) is 23.6 Å². The van der Waals surface area contributed by atoms with Crippen molar-refractivity contribution in [1.29, 1.82) is 0 Å². The summed E-state index contributed by atoms with van der Waals surface area (Å²) in [6, 6.07) is 12.5. The second-order valence-electron chi connectivity index (χ2n) is 6.45. The zero-order valence-electron chi connectivity index (χ0n) is 15.3. The van der Waals surface area contributed by atoms with Gasteiger partial charge in [0.2, 0.25) is 5.91 Å². The summed E-state index contributed by atoms with van der Waals surface area (Å²) in [5, 5.41) is 5.47. The fourth-order valence-electron chi connectivity index (χ4n) is 2.40. The van der Waals surface area contributed by atoms with Crippen LogP contribution in [0.4, 0.5) is 14.5 Å². The molecule has 2 aromatic carbocycles. The average Bonchev–Trinajstić information content (AvgIpc) is 2.61. The van der Waals surface area contributed by atoms with Gasteiger partial charge in [-0.25, -0.2) is 0 Å². The van der Waals surface area contributed by atoms with Crippen molar-refractivity contribution in [3.8, 4) is 0 Å². The minimum absolute atomic E-state index is 0.131. The van der Waals surface area contributed by atoms with Crippen LogP contribution in [0.3, 0.4) is 0 Å². The maximum Gasteiger partial charge on any atom is 0.288 e. The number of hydrogen-bond donors (Lipinski definition) is 2. The lowest BCUT2D eigenvalue weighted by atomic mass is 10.0. The minimum atomic E-state index is -2.49. The van der Waals surface area contributed by atoms with E-state index < -0.39 is 11.8 Å². The fraction of sp³-hybridized carbons (Fsp3) is 0.300. The first kappa shape index (κ1) is 20.9. The lowest BCUT2D eigenvalue weighted by Gasteiger charge is -2.22. The predicted molar refractivity (Wildman–Crippen MR) is 104 cm³/mol. The number of halogens is 2. The first-order valence-electron chi connectivity index (χ1n) is 8.49. The molecule has 2 N–H and O–H groups in total. The lowest BCUT2D eigenvalue weighted by molar-refractivity contribution is -0.118. The Labute approximate surface area is 161 Å². The molecule has 0 aromatic heterocycles. The van der Waals surface area contributed by atoms with Crippen LogP contribution in [0.15, 0.2) is 53.4 Å². The van der Waals surface area contributed by atoms with E-state index in [1.807, 2.05) is 32.9 Å². The summed E-state index contributed by atoms with van der Waals surface area (Å²) in [5.74, 6) is -3.31. The molecule has 0 saturated carbocycles. The number of nitrogens with one attached hydrogen (secondary N) is 2. The molecule has 1 atom stereocenters. The Bertz CT molecular complexity index is 778. The molecule has 0 bridgehead atoms. The van der Waals surface area contributed by atoms with E-state index in [9.17, 15) is 18.4 Å². The van der Waals surface area contributed by atoms with Crippen molar-refractivity contribution >= 4 is 29.3 Å². The Kier molecular flexibility index (Phi) is 7.36. The number of rotatable bonds is 7. The molecule has 0 spiro atoms. The molecule has 27 heavy (non-hydrogen) atoms. The number of amides is 2. The van der Waals surface area contributed by atoms with E-state index >= 15 is 0 Å². The number of aryl methyl sites for hydroxylation is 1. The summed E-state index contributed by atoms with van der Waals surface area (Å²) in [7, 11) is 0. The van der Waals surface area contributed by atoms with Crippen LogP contribution in [-0.2, 0) is 4.79 Å². The number of benzene rings is 2. The van der Waals surface area contributed by atoms with Crippen LogP contribution in [0, 0.1) is 12.8 Å². The topological polar surface area (TPSA) is 58.2 Å². The van der Waals surface area contributed by atoms with Crippen molar-refractivity contribution in [3.63, 3.8) is 0 Å². The second-order valence-corrected chi connectivity index (χ2v) is 7.52. The third-order valence-corrected chi connectivity index (χ3v) is 4.62. The van der Waals surface area contributed by atoms with Gasteiger partial charge in [0.15, 0.2) is 0 Å². The molecule has 0 aliphatic rings. The monoisotopic (exact) mass is 392 g/mol. The van der Waals surface area contributed by atoms with Crippen LogP contribution in [0.1, 0.15) is 29.8 Å². The van der Waals surface area contributed by atoms with Gasteiger partial charge in [0, 0.05) is 16.1 Å². The van der Waals surface area contributed by atoms with Gasteiger partial charge in [-0.1, -0.05) is 43.3 Å². The van der Waals surface area contributed by atoms with Gasteiger partial charge < -0.3 is 10.6 Å². The lowest BCUT2D eigenvalue weighted by Crippen LogP contribution is -2.47. The largest absolute Gasteiger partial charge is 0.340 e. The van der Waals surface area contributed by atoms with E-state index in [0.29, 0.717) is 27.9 Å². The van der Waals surface area contributed by atoms with E-state index in [1.165, 1.54) is 12.1 Å². The smallest absolute Gasteiger partial charge is 0.288 e. The second kappa shape index (κ2) is 9.50. The number of anilines is 1. The van der Waals surface area contributed by atoms with Gasteiger partial charge in [-0.3, -0.25) is 9.59 Å². The van der Waals surface area contributed by atoms with Crippen molar-refractivity contribution in [1.82, 2.24) is 5.32 Å². The maximum absolute atomic E-state index is 12.6. The molecule has 0 heterocycles. The summed E-state index contributed by atoms with van der Waals surface area (Å²) in [6.45, 7) is 5.60. The summed E-state index contributed by atoms with van der Waals surface area (Å²) >= 11 is 0.441. The van der Waals surface area contributed by atoms with Crippen LogP contribution in [0.25, 0.3) is 0 Å². The zero-order chi connectivity index (χ0) is 20.0. The van der Waals surface area contributed by atoms with Crippen molar-refractivity contribution < 1.29 is 18.4 Å². The first-order valence-corrected chi connectivity index (χ1v) is 9.37. The Balaban J connectivity index is 2.03. The number of carbonyl (C=O) groups is 2. The van der Waals surface area contributed by atoms with Gasteiger partial charge in [0.05, 0.1) is 0 Å².